The minimum absolute atomic E-state index is 0. The van der Waals surface area contributed by atoms with Crippen molar-refractivity contribution in [2.45, 2.75) is 156 Å². The summed E-state index contributed by atoms with van der Waals surface area (Å²) < 4.78 is 38.3. The van der Waals surface area contributed by atoms with E-state index < -0.39 is 237 Å². The number of hydrogen-bond donors (Lipinski definition) is 19. The van der Waals surface area contributed by atoms with Gasteiger partial charge in [-0.2, -0.15) is 0 Å². The number of aliphatic carboxylic acids is 1. The number of primary amides is 1. The molecule has 0 spiro atoms. The minimum atomic E-state index is -2.35. The molecule has 558 valence electrons. The number of carboxylic acid groups (broad SMARTS) is 1. The molecule has 7 heterocycles. The molecule has 5 aromatic carbocycles. The predicted molar refractivity (Wildman–Crippen MR) is 360 cm³/mol. The number of aliphatic hydroxyl groups excluding tert-OH is 6. The molecule has 7 aliphatic heterocycles. The zero-order valence-corrected chi connectivity index (χ0v) is 57.6. The van der Waals surface area contributed by atoms with Crippen molar-refractivity contribution in [3.63, 3.8) is 0 Å². The molecule has 7 aliphatic rings. The summed E-state index contributed by atoms with van der Waals surface area (Å²) in [7, 11) is 1.47. The van der Waals surface area contributed by atoms with E-state index in [0.29, 0.717) is 0 Å². The molecule has 18 atom stereocenters. The number of amides is 7. The summed E-state index contributed by atoms with van der Waals surface area (Å²) in [5.74, 6) is -16.0. The van der Waals surface area contributed by atoms with Crippen molar-refractivity contribution in [3.05, 3.63) is 117 Å². The summed E-state index contributed by atoms with van der Waals surface area (Å²) in [5.41, 5.74) is 8.00. The summed E-state index contributed by atoms with van der Waals surface area (Å²) in [5, 5.41) is 131. The van der Waals surface area contributed by atoms with Crippen LogP contribution in [-0.2, 0) is 52.6 Å². The third kappa shape index (κ3) is 17.0. The molecule has 2 saturated heterocycles. The lowest BCUT2D eigenvalue weighted by atomic mass is 9.86. The second kappa shape index (κ2) is 32.4. The average molecular weight is 1500 g/mol. The van der Waals surface area contributed by atoms with E-state index in [1.807, 2.05) is 13.8 Å². The molecule has 12 rings (SSSR count). The normalized spacial score (nSPS) is 28.9. The maximum atomic E-state index is 16.0. The molecular formula is C66H78Cl3N9O25. The van der Waals surface area contributed by atoms with Crippen LogP contribution in [0.4, 0.5) is 0 Å². The van der Waals surface area contributed by atoms with Crippen molar-refractivity contribution < 1.29 is 123 Å². The van der Waals surface area contributed by atoms with E-state index in [1.54, 1.807) is 0 Å². The number of phenolic OH excluding ortho intramolecular Hbond substituents is 3. The Morgan fingerprint density at radius 3 is 1.88 bits per heavy atom. The number of rotatable bonds is 13. The van der Waals surface area contributed by atoms with Gasteiger partial charge in [0, 0.05) is 34.7 Å². The van der Waals surface area contributed by atoms with E-state index in [2.05, 4.69) is 37.2 Å². The highest BCUT2D eigenvalue weighted by atomic mass is 35.5. The van der Waals surface area contributed by atoms with Crippen molar-refractivity contribution >= 4 is 82.9 Å². The summed E-state index contributed by atoms with van der Waals surface area (Å²) in [6.07, 6.45) is -18.6. The highest BCUT2D eigenvalue weighted by molar-refractivity contribution is 6.32. The van der Waals surface area contributed by atoms with Crippen LogP contribution in [0.5, 0.6) is 46.0 Å². The van der Waals surface area contributed by atoms with E-state index in [9.17, 15) is 75.0 Å². The van der Waals surface area contributed by atoms with Gasteiger partial charge in [0.1, 0.15) is 89.5 Å². The number of nitrogens with two attached hydrogens (primary N) is 2. The molecule has 34 nitrogen and oxygen atoms in total. The van der Waals surface area contributed by atoms with Gasteiger partial charge in [0.05, 0.1) is 41.3 Å². The van der Waals surface area contributed by atoms with Crippen LogP contribution in [0.25, 0.3) is 11.1 Å². The van der Waals surface area contributed by atoms with Gasteiger partial charge in [-0.05, 0) is 110 Å². The molecule has 23 N–H and O–H groups in total. The Morgan fingerprint density at radius 1 is 0.718 bits per heavy atom. The number of aromatic hydroxyl groups is 3. The predicted octanol–water partition coefficient (Wildman–Crippen LogP) is -0.297. The molecule has 11 bridgehead atoms. The fraction of sp³-hybridized carbons (Fsp3) is 0.424. The Kier molecular flexibility index (Phi) is 25.1. The van der Waals surface area contributed by atoms with Crippen molar-refractivity contribution in [2.75, 3.05) is 13.7 Å². The summed E-state index contributed by atoms with van der Waals surface area (Å²) in [4.78, 5) is 117. The summed E-state index contributed by atoms with van der Waals surface area (Å²) in [6, 6.07) is -0.679. The standard InChI is InChI=1S/C66H75Cl2N9O24.ClH.H2O/c1-23(2)12-34(71-5)58(88)76-49-51(83)26-7-10-38(32(67)14-26)97-40-16-28-17-41(55(40)101-65-56(54(86)53(85)42(22-78)99-65)100-44-21-66(4,70)57(87)24(3)96-44)98-39-11-8-27(15-33(39)68)52(84)50-63(93)75-48(64(94)95)31-18-29(79)19-37(81)45(31)30-13-25(6-9-36(30)80)46(60(90)77-50)74-61(91)47(28)73-59(89)35(20-43(69)82)72-62(49)92;;/h6-11,13-19,23-24,34-35,42,44,46-54,56-57,65,71,78-81,83-87H,12,20-22,70H2,1-5H3,(H2,69,82)(H,72,92)(H,73,89)(H,74,91)(H,75,93)(H,76,88)(H,77,90)(H,94,95);1H;1H2/t24-,34+,35-,42+,44-,46+,47+,48+,49+,50-,51+,52+,53+,54-,56+,57?,65-,66-;;/m0../s1. The van der Waals surface area contributed by atoms with Gasteiger partial charge in [0.2, 0.25) is 53.4 Å². The van der Waals surface area contributed by atoms with E-state index in [1.165, 1.54) is 33.0 Å². The number of likely N-dealkylation sites (N-methyl/N-ethyl adjacent to an activating group) is 1. The first-order chi connectivity index (χ1) is 47.7. The van der Waals surface area contributed by atoms with Crippen LogP contribution in [0.3, 0.4) is 0 Å². The third-order valence-electron chi connectivity index (χ3n) is 17.8. The molecule has 7 amide bonds. The lowest BCUT2D eigenvalue weighted by Gasteiger charge is -2.47. The molecule has 1 unspecified atom stereocenters. The topological polar surface area (TPSA) is 562 Å². The Labute approximate surface area is 601 Å². The van der Waals surface area contributed by atoms with Crippen LogP contribution in [0, 0.1) is 5.92 Å². The van der Waals surface area contributed by atoms with Crippen LogP contribution < -0.4 is 62.9 Å². The van der Waals surface area contributed by atoms with Crippen LogP contribution in [0.2, 0.25) is 10.0 Å². The molecule has 0 aromatic heterocycles. The van der Waals surface area contributed by atoms with Crippen molar-refractivity contribution in [1.82, 2.24) is 37.2 Å². The molecule has 0 aliphatic carbocycles. The van der Waals surface area contributed by atoms with Gasteiger partial charge in [0.25, 0.3) is 0 Å². The number of carboxylic acids is 1. The second-order valence-electron chi connectivity index (χ2n) is 25.7. The molecule has 5 aromatic rings. The number of nitrogens with one attached hydrogen (secondary N) is 7. The van der Waals surface area contributed by atoms with E-state index in [-0.39, 0.29) is 64.1 Å². The first-order valence-corrected chi connectivity index (χ1v) is 32.4. The molecule has 103 heavy (non-hydrogen) atoms. The number of carbonyl (C=O) groups is 8. The highest BCUT2D eigenvalue weighted by Crippen LogP contribution is 2.50. The summed E-state index contributed by atoms with van der Waals surface area (Å²) in [6.45, 7) is 5.66. The molecule has 0 radical (unpaired) electrons. The fourth-order valence-electron chi connectivity index (χ4n) is 12.5. The zero-order valence-electron chi connectivity index (χ0n) is 55.2. The smallest absolute Gasteiger partial charge is 0.330 e. The van der Waals surface area contributed by atoms with Gasteiger partial charge in [-0.3, -0.25) is 33.6 Å². The number of fused-ring (bicyclic) bond motifs is 15. The van der Waals surface area contributed by atoms with Gasteiger partial charge in [0.15, 0.2) is 29.9 Å². The van der Waals surface area contributed by atoms with E-state index in [4.69, 9.17) is 63.1 Å². The lowest BCUT2D eigenvalue weighted by Crippen LogP contribution is -2.64. The van der Waals surface area contributed by atoms with Crippen LogP contribution in [-0.4, -0.2) is 196 Å². The summed E-state index contributed by atoms with van der Waals surface area (Å²) >= 11 is 14.1. The van der Waals surface area contributed by atoms with Crippen molar-refractivity contribution in [1.29, 1.82) is 0 Å². The van der Waals surface area contributed by atoms with Gasteiger partial charge in [-0.15, -0.1) is 12.4 Å². The van der Waals surface area contributed by atoms with Gasteiger partial charge in [-0.25, -0.2) is 4.79 Å². The second-order valence-corrected chi connectivity index (χ2v) is 26.5. The van der Waals surface area contributed by atoms with Gasteiger partial charge < -0.3 is 134 Å². The Morgan fingerprint density at radius 2 is 1.31 bits per heavy atom. The molecule has 2 fully saturated rings. The molecular weight excluding hydrogens is 1430 g/mol. The van der Waals surface area contributed by atoms with Gasteiger partial charge >= 0.3 is 5.97 Å². The number of hydrogen-bond acceptors (Lipinski definition) is 25. The monoisotopic (exact) mass is 1500 g/mol. The number of halogens is 3. The van der Waals surface area contributed by atoms with Crippen LogP contribution >= 0.6 is 35.6 Å². The quantitative estimate of drug-likeness (QED) is 0.0720. The maximum Gasteiger partial charge on any atom is 0.330 e. The van der Waals surface area contributed by atoms with Gasteiger partial charge in [-0.1, -0.05) is 55.2 Å². The highest BCUT2D eigenvalue weighted by Gasteiger charge is 2.51. The number of carbonyl (C=O) groups excluding carboxylic acids is 7. The Hall–Kier alpha value is -8.95. The number of ether oxygens (including phenoxy) is 6. The lowest BCUT2D eigenvalue weighted by molar-refractivity contribution is -0.333. The van der Waals surface area contributed by atoms with E-state index in [0.717, 1.165) is 66.7 Å². The fourth-order valence-corrected chi connectivity index (χ4v) is 12.9. The number of aliphatic hydroxyl groups is 6. The van der Waals surface area contributed by atoms with Crippen LogP contribution in [0.15, 0.2) is 78.9 Å². The SMILES string of the molecule is CN[C@H](CC(C)C)C(=O)N[C@H]1C(=O)N[C@@H](CC(N)=O)C(=O)N[C@H]2C(=O)N[C@H]3C(=O)N[C@H](C(=O)N[C@@H](C(=O)O)c4cc(O)cc(O)c4-c4cc3ccc4O)[C@H](O)c3ccc(c(Cl)c3)Oc3cc2cc(c3O[C@@H]2O[C@H](CO)[C@@H](O)[C@H](O)[C@H]2O[C@H]2C[C@](C)(N)C(O)[C@H](C)O2)Oc2ccc(cc2Cl)[C@H]1O.Cl.O. The van der Waals surface area contributed by atoms with E-state index >= 15 is 14.4 Å². The Bertz CT molecular complexity index is 4080. The minimum Gasteiger partial charge on any atom is -0.508 e. The third-order valence-corrected chi connectivity index (χ3v) is 18.4. The zero-order chi connectivity index (χ0) is 73.5. The van der Waals surface area contributed by atoms with Crippen LogP contribution in [0.1, 0.15) is 105 Å². The largest absolute Gasteiger partial charge is 0.508 e. The molecule has 0 saturated carbocycles. The first-order valence-electron chi connectivity index (χ1n) is 31.6. The first kappa shape index (κ1) is 79.7. The Balaban J connectivity index is 0.00000672. The van der Waals surface area contributed by atoms with Crippen molar-refractivity contribution in [3.8, 4) is 57.1 Å². The number of phenols is 3. The maximum absolute atomic E-state index is 16.0. The van der Waals surface area contributed by atoms with Crippen molar-refractivity contribution in [2.24, 2.45) is 17.4 Å². The average Bonchev–Trinajstić information content (AvgIpc) is 0.773. The molecule has 37 heteroatoms. The number of benzene rings is 5.